The molecule has 0 saturated heterocycles. The van der Waals surface area contributed by atoms with Gasteiger partial charge in [-0.2, -0.15) is 0 Å². The van der Waals surface area contributed by atoms with Crippen LogP contribution in [0.4, 0.5) is 0 Å². The predicted molar refractivity (Wildman–Crippen MR) is 83.9 cm³/mol. The maximum Gasteiger partial charge on any atom is 0.237 e. The average Bonchev–Trinajstić information content (AvgIpc) is 2.47. The summed E-state index contributed by atoms with van der Waals surface area (Å²) in [5.41, 5.74) is 7.07. The zero-order valence-corrected chi connectivity index (χ0v) is 13.1. The summed E-state index contributed by atoms with van der Waals surface area (Å²) in [5.74, 6) is -0.0770. The molecule has 1 amide bonds. The lowest BCUT2D eigenvalue weighted by Crippen LogP contribution is -2.63. The number of benzene rings is 1. The molecule has 0 heterocycles. The van der Waals surface area contributed by atoms with Gasteiger partial charge < -0.3 is 15.8 Å². The molecule has 1 aliphatic carbocycles. The Bertz CT molecular complexity index is 473. The average molecular weight is 290 g/mol. The van der Waals surface area contributed by atoms with Crippen LogP contribution in [-0.4, -0.2) is 30.7 Å². The van der Waals surface area contributed by atoms with Crippen LogP contribution in [-0.2, 0) is 16.0 Å². The van der Waals surface area contributed by atoms with E-state index in [9.17, 15) is 4.79 Å². The summed E-state index contributed by atoms with van der Waals surface area (Å²) in [4.78, 5) is 12.2. The monoisotopic (exact) mass is 290 g/mol. The second-order valence-corrected chi connectivity index (χ2v) is 6.36. The molecule has 1 saturated carbocycles. The van der Waals surface area contributed by atoms with E-state index in [-0.39, 0.29) is 23.5 Å². The smallest absolute Gasteiger partial charge is 0.237 e. The second-order valence-electron chi connectivity index (χ2n) is 6.36. The predicted octanol–water partition coefficient (Wildman–Crippen LogP) is 1.88. The first-order valence-electron chi connectivity index (χ1n) is 7.66. The molecule has 0 aliphatic heterocycles. The van der Waals surface area contributed by atoms with Crippen molar-refractivity contribution in [3.63, 3.8) is 0 Å². The van der Waals surface area contributed by atoms with Crippen molar-refractivity contribution in [2.45, 2.75) is 51.8 Å². The van der Waals surface area contributed by atoms with Crippen LogP contribution in [0.2, 0.25) is 0 Å². The molecule has 4 nitrogen and oxygen atoms in total. The van der Waals surface area contributed by atoms with Crippen molar-refractivity contribution in [2.24, 2.45) is 11.1 Å². The van der Waals surface area contributed by atoms with Gasteiger partial charge in [0.15, 0.2) is 0 Å². The third kappa shape index (κ3) is 3.63. The Morgan fingerprint density at radius 1 is 1.43 bits per heavy atom. The van der Waals surface area contributed by atoms with Gasteiger partial charge in [0.25, 0.3) is 0 Å². The zero-order valence-electron chi connectivity index (χ0n) is 13.1. The van der Waals surface area contributed by atoms with Crippen LogP contribution in [0.5, 0.6) is 0 Å². The Kier molecular flexibility index (Phi) is 5.01. The number of amides is 1. The van der Waals surface area contributed by atoms with Crippen molar-refractivity contribution in [1.29, 1.82) is 0 Å². The summed E-state index contributed by atoms with van der Waals surface area (Å²) < 4.78 is 5.68. The molecule has 21 heavy (non-hydrogen) atoms. The summed E-state index contributed by atoms with van der Waals surface area (Å²) in [7, 11) is 0. The van der Waals surface area contributed by atoms with Crippen LogP contribution in [0.1, 0.15) is 32.8 Å². The van der Waals surface area contributed by atoms with Crippen LogP contribution in [0.3, 0.4) is 0 Å². The van der Waals surface area contributed by atoms with E-state index >= 15 is 0 Å². The summed E-state index contributed by atoms with van der Waals surface area (Å²) in [5, 5.41) is 3.07. The van der Waals surface area contributed by atoms with Gasteiger partial charge >= 0.3 is 0 Å². The molecule has 3 atom stereocenters. The summed E-state index contributed by atoms with van der Waals surface area (Å²) in [6, 6.07) is 9.50. The first kappa shape index (κ1) is 16.0. The normalized spacial score (nSPS) is 25.0. The van der Waals surface area contributed by atoms with Crippen LogP contribution < -0.4 is 11.1 Å². The molecule has 0 radical (unpaired) electrons. The lowest BCUT2D eigenvalue weighted by Gasteiger charge is -2.51. The lowest BCUT2D eigenvalue weighted by molar-refractivity contribution is -0.137. The number of nitrogens with two attached hydrogens (primary N) is 1. The van der Waals surface area contributed by atoms with Gasteiger partial charge in [0.1, 0.15) is 0 Å². The number of rotatable bonds is 6. The van der Waals surface area contributed by atoms with E-state index in [1.165, 1.54) is 0 Å². The van der Waals surface area contributed by atoms with Crippen molar-refractivity contribution in [2.75, 3.05) is 6.61 Å². The number of carbonyl (C=O) groups is 1. The van der Waals surface area contributed by atoms with Crippen molar-refractivity contribution in [3.05, 3.63) is 35.9 Å². The van der Waals surface area contributed by atoms with E-state index in [0.717, 1.165) is 12.0 Å². The molecule has 3 N–H and O–H groups in total. The van der Waals surface area contributed by atoms with Gasteiger partial charge in [-0.15, -0.1) is 0 Å². The lowest BCUT2D eigenvalue weighted by atomic mass is 9.64. The highest BCUT2D eigenvalue weighted by Crippen LogP contribution is 2.42. The maximum atomic E-state index is 12.2. The highest BCUT2D eigenvalue weighted by atomic mass is 16.5. The molecular formula is C17H26N2O2. The van der Waals surface area contributed by atoms with Gasteiger partial charge in [-0.3, -0.25) is 4.79 Å². The third-order valence-electron chi connectivity index (χ3n) is 4.50. The maximum absolute atomic E-state index is 12.2. The fourth-order valence-corrected chi connectivity index (χ4v) is 2.85. The number of hydrogen-bond acceptors (Lipinski definition) is 3. The van der Waals surface area contributed by atoms with Crippen LogP contribution >= 0.6 is 0 Å². The van der Waals surface area contributed by atoms with E-state index < -0.39 is 6.04 Å². The second kappa shape index (κ2) is 6.58. The van der Waals surface area contributed by atoms with Crippen LogP contribution in [0.25, 0.3) is 0 Å². The molecule has 0 aromatic heterocycles. The minimum Gasteiger partial charge on any atom is -0.378 e. The van der Waals surface area contributed by atoms with Crippen molar-refractivity contribution < 1.29 is 9.53 Å². The van der Waals surface area contributed by atoms with Gasteiger partial charge in [0.05, 0.1) is 12.1 Å². The minimum atomic E-state index is -0.505. The van der Waals surface area contributed by atoms with Crippen molar-refractivity contribution in [1.82, 2.24) is 5.32 Å². The van der Waals surface area contributed by atoms with Gasteiger partial charge in [-0.1, -0.05) is 44.2 Å². The highest BCUT2D eigenvalue weighted by Gasteiger charge is 2.49. The van der Waals surface area contributed by atoms with E-state index in [4.69, 9.17) is 10.5 Å². The van der Waals surface area contributed by atoms with E-state index in [1.54, 1.807) is 0 Å². The molecule has 0 bridgehead atoms. The van der Waals surface area contributed by atoms with Crippen molar-refractivity contribution >= 4 is 5.91 Å². The molecular weight excluding hydrogens is 264 g/mol. The number of ether oxygens (including phenoxy) is 1. The van der Waals surface area contributed by atoms with Gasteiger partial charge in [0.2, 0.25) is 5.91 Å². The molecule has 1 fully saturated rings. The SMILES string of the molecule is CCOC1CC(NC(=O)[C@@H](N)Cc2ccccc2)C1(C)C. The molecule has 4 heteroatoms. The molecule has 2 rings (SSSR count). The summed E-state index contributed by atoms with van der Waals surface area (Å²) in [6.45, 7) is 6.97. The van der Waals surface area contributed by atoms with E-state index in [1.807, 2.05) is 37.3 Å². The first-order valence-corrected chi connectivity index (χ1v) is 7.66. The first-order chi connectivity index (χ1) is 9.95. The number of carbonyl (C=O) groups excluding carboxylic acids is 1. The van der Waals surface area contributed by atoms with Gasteiger partial charge in [0, 0.05) is 18.1 Å². The standard InChI is InChI=1S/C17H26N2O2/c1-4-21-15-11-14(17(15,2)3)19-16(20)13(18)10-12-8-6-5-7-9-12/h5-9,13-15H,4,10-11,18H2,1-3H3,(H,19,20)/t13-,14?,15?/m0/s1. The van der Waals surface area contributed by atoms with Crippen LogP contribution in [0, 0.1) is 5.41 Å². The molecule has 2 unspecified atom stereocenters. The Labute approximate surface area is 127 Å². The molecule has 1 aromatic rings. The summed E-state index contributed by atoms with van der Waals surface area (Å²) >= 11 is 0. The van der Waals surface area contributed by atoms with Crippen molar-refractivity contribution in [3.8, 4) is 0 Å². The largest absolute Gasteiger partial charge is 0.378 e. The van der Waals surface area contributed by atoms with E-state index in [0.29, 0.717) is 13.0 Å². The zero-order chi connectivity index (χ0) is 15.5. The topological polar surface area (TPSA) is 64.3 Å². The molecule has 116 valence electrons. The number of nitrogens with one attached hydrogen (secondary N) is 1. The fourth-order valence-electron chi connectivity index (χ4n) is 2.85. The Morgan fingerprint density at radius 2 is 2.10 bits per heavy atom. The Morgan fingerprint density at radius 3 is 2.67 bits per heavy atom. The fraction of sp³-hybridized carbons (Fsp3) is 0.588. The Hall–Kier alpha value is -1.39. The quantitative estimate of drug-likeness (QED) is 0.840. The highest BCUT2D eigenvalue weighted by molar-refractivity contribution is 5.82. The van der Waals surface area contributed by atoms with Crippen LogP contribution in [0.15, 0.2) is 30.3 Å². The molecule has 0 spiro atoms. The Balaban J connectivity index is 1.85. The third-order valence-corrected chi connectivity index (χ3v) is 4.50. The van der Waals surface area contributed by atoms with E-state index in [2.05, 4.69) is 19.2 Å². The molecule has 1 aromatic carbocycles. The van der Waals surface area contributed by atoms with Gasteiger partial charge in [-0.05, 0) is 25.3 Å². The number of hydrogen-bond donors (Lipinski definition) is 2. The molecule has 1 aliphatic rings. The van der Waals surface area contributed by atoms with Gasteiger partial charge in [-0.25, -0.2) is 0 Å². The minimum absolute atomic E-state index is 0.0296. The summed E-state index contributed by atoms with van der Waals surface area (Å²) in [6.07, 6.45) is 1.65.